The molecule has 1 spiro atoms. The van der Waals surface area contributed by atoms with E-state index in [0.717, 1.165) is 62.0 Å². The second-order valence-corrected chi connectivity index (χ2v) is 8.27. The standard InChI is InChI=1S/C23H30N4O2/c1-2-7-13-26(12-6-1)20-18-21(25-22(24-20)19-8-4-3-5-9-19)27-14-10-23(11-15-27)28-16-17-29-23/h3-5,8-9,18H,1-2,6-7,10-17H2. The fourth-order valence-electron chi connectivity index (χ4n) is 4.62. The summed E-state index contributed by atoms with van der Waals surface area (Å²) in [5, 5.41) is 0. The van der Waals surface area contributed by atoms with Crippen molar-refractivity contribution in [2.45, 2.75) is 44.3 Å². The van der Waals surface area contributed by atoms with Crippen LogP contribution in [0.5, 0.6) is 0 Å². The number of hydrogen-bond donors (Lipinski definition) is 0. The molecule has 6 heteroatoms. The predicted octanol–water partition coefficient (Wildman–Crippen LogP) is 3.87. The second kappa shape index (κ2) is 8.28. The largest absolute Gasteiger partial charge is 0.356 e. The Labute approximate surface area is 172 Å². The van der Waals surface area contributed by atoms with Crippen LogP contribution in [0.25, 0.3) is 11.4 Å². The molecule has 29 heavy (non-hydrogen) atoms. The van der Waals surface area contributed by atoms with Crippen LogP contribution >= 0.6 is 0 Å². The molecular formula is C23H30N4O2. The maximum absolute atomic E-state index is 5.90. The molecule has 0 saturated carbocycles. The molecule has 2 aromatic rings. The van der Waals surface area contributed by atoms with Crippen LogP contribution in [0, 0.1) is 0 Å². The van der Waals surface area contributed by atoms with Gasteiger partial charge in [0.05, 0.1) is 13.2 Å². The molecule has 0 aliphatic carbocycles. The van der Waals surface area contributed by atoms with E-state index < -0.39 is 0 Å². The molecule has 0 unspecified atom stereocenters. The SMILES string of the molecule is c1ccc(-c2nc(N3CCCCCC3)cc(N3CCC4(CC3)OCCO4)n2)cc1. The Bertz CT molecular complexity index is 805. The molecule has 1 aromatic heterocycles. The van der Waals surface area contributed by atoms with Crippen LogP contribution in [0.3, 0.4) is 0 Å². The topological polar surface area (TPSA) is 50.7 Å². The van der Waals surface area contributed by atoms with Gasteiger partial charge in [-0.3, -0.25) is 0 Å². The summed E-state index contributed by atoms with van der Waals surface area (Å²) < 4.78 is 11.8. The van der Waals surface area contributed by atoms with E-state index in [2.05, 4.69) is 40.1 Å². The van der Waals surface area contributed by atoms with Crippen LogP contribution in [0.1, 0.15) is 38.5 Å². The lowest BCUT2D eigenvalue weighted by Crippen LogP contribution is -2.45. The normalized spacial score (nSPS) is 22.1. The van der Waals surface area contributed by atoms with Crippen molar-refractivity contribution in [3.8, 4) is 11.4 Å². The lowest BCUT2D eigenvalue weighted by atomic mass is 10.0. The fourth-order valence-corrected chi connectivity index (χ4v) is 4.62. The minimum atomic E-state index is -0.362. The number of rotatable bonds is 3. The zero-order chi connectivity index (χ0) is 19.5. The van der Waals surface area contributed by atoms with Crippen molar-refractivity contribution in [3.05, 3.63) is 36.4 Å². The van der Waals surface area contributed by atoms with E-state index in [0.29, 0.717) is 13.2 Å². The molecule has 0 amide bonds. The van der Waals surface area contributed by atoms with E-state index in [4.69, 9.17) is 19.4 Å². The summed E-state index contributed by atoms with van der Waals surface area (Å²) in [6.07, 6.45) is 6.87. The van der Waals surface area contributed by atoms with Gasteiger partial charge in [0, 0.05) is 50.7 Å². The Morgan fingerprint density at radius 3 is 1.93 bits per heavy atom. The molecule has 0 radical (unpaired) electrons. The van der Waals surface area contributed by atoms with Gasteiger partial charge in [0.2, 0.25) is 0 Å². The molecule has 5 rings (SSSR count). The first-order valence-corrected chi connectivity index (χ1v) is 11.0. The average Bonchev–Trinajstić information content (AvgIpc) is 3.06. The minimum Gasteiger partial charge on any atom is -0.356 e. The smallest absolute Gasteiger partial charge is 0.171 e. The maximum atomic E-state index is 5.90. The molecule has 1 aromatic carbocycles. The van der Waals surface area contributed by atoms with Gasteiger partial charge in [0.15, 0.2) is 11.6 Å². The molecule has 3 saturated heterocycles. The Morgan fingerprint density at radius 2 is 1.31 bits per heavy atom. The van der Waals surface area contributed by atoms with E-state index in [9.17, 15) is 0 Å². The molecule has 154 valence electrons. The second-order valence-electron chi connectivity index (χ2n) is 8.27. The number of aromatic nitrogens is 2. The summed E-state index contributed by atoms with van der Waals surface area (Å²) in [7, 11) is 0. The number of ether oxygens (including phenoxy) is 2. The molecule has 0 N–H and O–H groups in total. The Balaban J connectivity index is 1.45. The molecule has 3 aliphatic rings. The van der Waals surface area contributed by atoms with Gasteiger partial charge in [-0.2, -0.15) is 0 Å². The summed E-state index contributed by atoms with van der Waals surface area (Å²) in [6.45, 7) is 5.37. The summed E-state index contributed by atoms with van der Waals surface area (Å²) in [4.78, 5) is 14.8. The number of piperidine rings is 1. The van der Waals surface area contributed by atoms with Gasteiger partial charge in [-0.05, 0) is 12.8 Å². The van der Waals surface area contributed by atoms with Crippen LogP contribution in [0.15, 0.2) is 36.4 Å². The van der Waals surface area contributed by atoms with Gasteiger partial charge in [-0.1, -0.05) is 43.2 Å². The van der Waals surface area contributed by atoms with E-state index in [1.807, 2.05) is 6.07 Å². The minimum absolute atomic E-state index is 0.362. The van der Waals surface area contributed by atoms with Gasteiger partial charge < -0.3 is 19.3 Å². The highest BCUT2D eigenvalue weighted by atomic mass is 16.7. The lowest BCUT2D eigenvalue weighted by molar-refractivity contribution is -0.169. The van der Waals surface area contributed by atoms with Crippen molar-refractivity contribution in [1.82, 2.24) is 9.97 Å². The van der Waals surface area contributed by atoms with E-state index in [1.54, 1.807) is 0 Å². The van der Waals surface area contributed by atoms with Crippen molar-refractivity contribution in [2.75, 3.05) is 49.2 Å². The van der Waals surface area contributed by atoms with Crippen LogP contribution in [-0.4, -0.2) is 55.1 Å². The molecule has 0 bridgehead atoms. The first kappa shape index (κ1) is 18.8. The van der Waals surface area contributed by atoms with Gasteiger partial charge in [0.1, 0.15) is 11.6 Å². The van der Waals surface area contributed by atoms with E-state index in [-0.39, 0.29) is 5.79 Å². The average molecular weight is 395 g/mol. The third-order valence-corrected chi connectivity index (χ3v) is 6.32. The maximum Gasteiger partial charge on any atom is 0.171 e. The van der Waals surface area contributed by atoms with Crippen LogP contribution in [0.2, 0.25) is 0 Å². The fraction of sp³-hybridized carbons (Fsp3) is 0.565. The van der Waals surface area contributed by atoms with Crippen molar-refractivity contribution in [2.24, 2.45) is 0 Å². The molecule has 0 atom stereocenters. The highest BCUT2D eigenvalue weighted by Crippen LogP contribution is 2.34. The van der Waals surface area contributed by atoms with Crippen LogP contribution < -0.4 is 9.80 Å². The van der Waals surface area contributed by atoms with E-state index in [1.165, 1.54) is 25.7 Å². The lowest BCUT2D eigenvalue weighted by Gasteiger charge is -2.38. The third-order valence-electron chi connectivity index (χ3n) is 6.32. The first-order valence-electron chi connectivity index (χ1n) is 11.0. The van der Waals surface area contributed by atoms with Crippen LogP contribution in [0.4, 0.5) is 11.6 Å². The first-order chi connectivity index (χ1) is 14.3. The summed E-state index contributed by atoms with van der Waals surface area (Å²) in [5.41, 5.74) is 1.07. The van der Waals surface area contributed by atoms with Crippen molar-refractivity contribution in [3.63, 3.8) is 0 Å². The number of benzene rings is 1. The highest BCUT2D eigenvalue weighted by molar-refractivity contribution is 5.62. The Hall–Kier alpha value is -2.18. The zero-order valence-electron chi connectivity index (χ0n) is 17.1. The van der Waals surface area contributed by atoms with Gasteiger partial charge in [0.25, 0.3) is 0 Å². The van der Waals surface area contributed by atoms with Crippen molar-refractivity contribution >= 4 is 11.6 Å². The molecule has 3 fully saturated rings. The zero-order valence-corrected chi connectivity index (χ0v) is 17.1. The molecule has 4 heterocycles. The summed E-state index contributed by atoms with van der Waals surface area (Å²) >= 11 is 0. The quantitative estimate of drug-likeness (QED) is 0.788. The Kier molecular flexibility index (Phi) is 5.38. The highest BCUT2D eigenvalue weighted by Gasteiger charge is 2.40. The molecular weight excluding hydrogens is 364 g/mol. The van der Waals surface area contributed by atoms with Gasteiger partial charge >= 0.3 is 0 Å². The number of hydrogen-bond acceptors (Lipinski definition) is 6. The summed E-state index contributed by atoms with van der Waals surface area (Å²) in [6, 6.07) is 12.5. The van der Waals surface area contributed by atoms with Gasteiger partial charge in [-0.25, -0.2) is 9.97 Å². The monoisotopic (exact) mass is 394 g/mol. The number of anilines is 2. The Morgan fingerprint density at radius 1 is 0.724 bits per heavy atom. The van der Waals surface area contributed by atoms with E-state index >= 15 is 0 Å². The number of nitrogens with zero attached hydrogens (tertiary/aromatic N) is 4. The van der Waals surface area contributed by atoms with Crippen LogP contribution in [-0.2, 0) is 9.47 Å². The summed E-state index contributed by atoms with van der Waals surface area (Å²) in [5.74, 6) is 2.53. The van der Waals surface area contributed by atoms with Gasteiger partial charge in [-0.15, -0.1) is 0 Å². The molecule has 3 aliphatic heterocycles. The predicted molar refractivity (Wildman–Crippen MR) is 114 cm³/mol. The molecule has 6 nitrogen and oxygen atoms in total. The third kappa shape index (κ3) is 4.09. The van der Waals surface area contributed by atoms with Crippen molar-refractivity contribution < 1.29 is 9.47 Å². The van der Waals surface area contributed by atoms with Crippen molar-refractivity contribution in [1.29, 1.82) is 0 Å².